The van der Waals surface area contributed by atoms with Crippen LogP contribution in [0.2, 0.25) is 0 Å². The molecule has 18 heavy (non-hydrogen) atoms. The largest absolute Gasteiger partial charge is 0.301 e. The Hall–Kier alpha value is -0.590. The number of hydrogen-bond acceptors (Lipinski definition) is 3. The van der Waals surface area contributed by atoms with Crippen LogP contribution in [0.25, 0.3) is 0 Å². The Labute approximate surface area is 113 Å². The van der Waals surface area contributed by atoms with Crippen LogP contribution in [0, 0.1) is 17.2 Å². The Morgan fingerprint density at radius 1 is 1.06 bits per heavy atom. The lowest BCUT2D eigenvalue weighted by Crippen LogP contribution is -2.51. The third-order valence-electron chi connectivity index (χ3n) is 3.89. The summed E-state index contributed by atoms with van der Waals surface area (Å²) in [4.78, 5) is 4.91. The van der Waals surface area contributed by atoms with Crippen LogP contribution in [0.1, 0.15) is 46.5 Å². The zero-order valence-corrected chi connectivity index (χ0v) is 12.4. The van der Waals surface area contributed by atoms with Crippen LogP contribution < -0.4 is 0 Å². The van der Waals surface area contributed by atoms with Crippen molar-refractivity contribution in [3.8, 4) is 6.07 Å². The standard InChI is InChI=1S/C15H29N3/c1-4-5-6-7-8-17-9-11-18(12-10-17)15(13-16)14(2)3/h14-15H,4-12H2,1-3H3. The summed E-state index contributed by atoms with van der Waals surface area (Å²) in [5.74, 6) is 0.436. The van der Waals surface area contributed by atoms with Gasteiger partial charge in [-0.05, 0) is 18.9 Å². The molecule has 0 radical (unpaired) electrons. The molecule has 0 aromatic heterocycles. The van der Waals surface area contributed by atoms with Gasteiger partial charge in [-0.15, -0.1) is 0 Å². The molecule has 1 rings (SSSR count). The monoisotopic (exact) mass is 251 g/mol. The summed E-state index contributed by atoms with van der Waals surface area (Å²) in [5, 5.41) is 9.21. The second kappa shape index (κ2) is 8.50. The quantitative estimate of drug-likeness (QED) is 0.652. The fourth-order valence-corrected chi connectivity index (χ4v) is 2.68. The van der Waals surface area contributed by atoms with Crippen LogP contribution in [-0.4, -0.2) is 48.6 Å². The molecule has 0 N–H and O–H groups in total. The number of hydrogen-bond donors (Lipinski definition) is 0. The number of piperazine rings is 1. The summed E-state index contributed by atoms with van der Waals surface area (Å²) in [5.41, 5.74) is 0. The van der Waals surface area contributed by atoms with Gasteiger partial charge >= 0.3 is 0 Å². The molecule has 0 aliphatic carbocycles. The lowest BCUT2D eigenvalue weighted by molar-refractivity contribution is 0.0971. The first kappa shape index (κ1) is 15.5. The maximum Gasteiger partial charge on any atom is 0.100 e. The molecule has 0 spiro atoms. The van der Waals surface area contributed by atoms with E-state index in [-0.39, 0.29) is 6.04 Å². The molecule has 1 aliphatic heterocycles. The maximum absolute atomic E-state index is 9.21. The highest BCUT2D eigenvalue weighted by molar-refractivity contribution is 4.95. The highest BCUT2D eigenvalue weighted by Crippen LogP contribution is 2.13. The molecule has 1 atom stereocenters. The molecule has 0 aromatic rings. The van der Waals surface area contributed by atoms with Crippen molar-refractivity contribution in [1.82, 2.24) is 9.80 Å². The number of nitrogens with zero attached hydrogens (tertiary/aromatic N) is 3. The normalized spacial score (nSPS) is 19.9. The fraction of sp³-hybridized carbons (Fsp3) is 0.933. The summed E-state index contributed by atoms with van der Waals surface area (Å²) in [7, 11) is 0. The summed E-state index contributed by atoms with van der Waals surface area (Å²) in [6, 6.07) is 2.56. The zero-order valence-electron chi connectivity index (χ0n) is 12.4. The van der Waals surface area contributed by atoms with E-state index in [9.17, 15) is 5.26 Å². The van der Waals surface area contributed by atoms with Crippen molar-refractivity contribution in [1.29, 1.82) is 5.26 Å². The molecule has 1 saturated heterocycles. The summed E-state index contributed by atoms with van der Waals surface area (Å²) < 4.78 is 0. The lowest BCUT2D eigenvalue weighted by atomic mass is 10.0. The highest BCUT2D eigenvalue weighted by Gasteiger charge is 2.25. The van der Waals surface area contributed by atoms with Gasteiger partial charge in [0.15, 0.2) is 0 Å². The predicted octanol–water partition coefficient (Wildman–Crippen LogP) is 2.73. The van der Waals surface area contributed by atoms with Gasteiger partial charge in [0.2, 0.25) is 0 Å². The van der Waals surface area contributed by atoms with Crippen LogP contribution in [0.5, 0.6) is 0 Å². The van der Waals surface area contributed by atoms with Gasteiger partial charge in [-0.25, -0.2) is 0 Å². The average molecular weight is 251 g/mol. The van der Waals surface area contributed by atoms with E-state index in [4.69, 9.17) is 0 Å². The van der Waals surface area contributed by atoms with Gasteiger partial charge in [0, 0.05) is 26.2 Å². The molecular formula is C15H29N3. The van der Waals surface area contributed by atoms with Gasteiger partial charge in [0.25, 0.3) is 0 Å². The third-order valence-corrected chi connectivity index (χ3v) is 3.89. The van der Waals surface area contributed by atoms with Crippen LogP contribution in [-0.2, 0) is 0 Å². The van der Waals surface area contributed by atoms with E-state index in [2.05, 4.69) is 36.6 Å². The third kappa shape index (κ3) is 4.96. The first-order valence-corrected chi connectivity index (χ1v) is 7.55. The van der Waals surface area contributed by atoms with Gasteiger partial charge in [0.05, 0.1) is 6.07 Å². The van der Waals surface area contributed by atoms with Crippen LogP contribution in [0.4, 0.5) is 0 Å². The van der Waals surface area contributed by atoms with Gasteiger partial charge < -0.3 is 4.90 Å². The minimum atomic E-state index is 0.104. The van der Waals surface area contributed by atoms with Crippen molar-refractivity contribution in [2.24, 2.45) is 5.92 Å². The van der Waals surface area contributed by atoms with E-state index in [0.717, 1.165) is 26.2 Å². The van der Waals surface area contributed by atoms with Gasteiger partial charge in [-0.1, -0.05) is 40.0 Å². The van der Waals surface area contributed by atoms with Gasteiger partial charge in [-0.3, -0.25) is 4.90 Å². The molecule has 0 aromatic carbocycles. The molecule has 0 amide bonds. The Kier molecular flexibility index (Phi) is 7.31. The highest BCUT2D eigenvalue weighted by atomic mass is 15.3. The molecule has 1 aliphatic rings. The second-order valence-corrected chi connectivity index (χ2v) is 5.76. The van der Waals surface area contributed by atoms with Crippen molar-refractivity contribution < 1.29 is 0 Å². The van der Waals surface area contributed by atoms with Crippen LogP contribution in [0.15, 0.2) is 0 Å². The van der Waals surface area contributed by atoms with E-state index in [1.807, 2.05) is 0 Å². The Morgan fingerprint density at radius 3 is 2.22 bits per heavy atom. The molecule has 104 valence electrons. The number of rotatable bonds is 7. The minimum absolute atomic E-state index is 0.104. The Balaban J connectivity index is 2.22. The first-order valence-electron chi connectivity index (χ1n) is 7.55. The molecule has 1 heterocycles. The number of unbranched alkanes of at least 4 members (excludes halogenated alkanes) is 3. The molecule has 0 saturated carbocycles. The molecular weight excluding hydrogens is 222 g/mol. The Morgan fingerprint density at radius 2 is 1.72 bits per heavy atom. The van der Waals surface area contributed by atoms with E-state index >= 15 is 0 Å². The fourth-order valence-electron chi connectivity index (χ4n) is 2.68. The Bertz CT molecular complexity index is 249. The van der Waals surface area contributed by atoms with Crippen molar-refractivity contribution >= 4 is 0 Å². The molecule has 3 heteroatoms. The number of nitriles is 1. The van der Waals surface area contributed by atoms with Crippen LogP contribution in [0.3, 0.4) is 0 Å². The molecule has 1 fully saturated rings. The van der Waals surface area contributed by atoms with E-state index in [0.29, 0.717) is 5.92 Å². The van der Waals surface area contributed by atoms with Crippen molar-refractivity contribution in [2.75, 3.05) is 32.7 Å². The zero-order chi connectivity index (χ0) is 13.4. The van der Waals surface area contributed by atoms with Crippen molar-refractivity contribution in [3.05, 3.63) is 0 Å². The SMILES string of the molecule is CCCCCCN1CCN(C(C#N)C(C)C)CC1. The summed E-state index contributed by atoms with van der Waals surface area (Å²) >= 11 is 0. The minimum Gasteiger partial charge on any atom is -0.301 e. The van der Waals surface area contributed by atoms with E-state index in [1.54, 1.807) is 0 Å². The van der Waals surface area contributed by atoms with Crippen molar-refractivity contribution in [2.45, 2.75) is 52.5 Å². The molecule has 3 nitrogen and oxygen atoms in total. The first-order chi connectivity index (χ1) is 8.69. The van der Waals surface area contributed by atoms with Crippen molar-refractivity contribution in [3.63, 3.8) is 0 Å². The molecule has 1 unspecified atom stereocenters. The smallest absolute Gasteiger partial charge is 0.100 e. The summed E-state index contributed by atoms with van der Waals surface area (Å²) in [6.45, 7) is 12.2. The van der Waals surface area contributed by atoms with E-state index < -0.39 is 0 Å². The maximum atomic E-state index is 9.21. The topological polar surface area (TPSA) is 30.3 Å². The average Bonchev–Trinajstić information content (AvgIpc) is 2.37. The lowest BCUT2D eigenvalue weighted by Gasteiger charge is -2.38. The van der Waals surface area contributed by atoms with Crippen LogP contribution >= 0.6 is 0 Å². The van der Waals surface area contributed by atoms with Gasteiger partial charge in [-0.2, -0.15) is 5.26 Å². The van der Waals surface area contributed by atoms with E-state index in [1.165, 1.54) is 32.2 Å². The second-order valence-electron chi connectivity index (χ2n) is 5.76. The summed E-state index contributed by atoms with van der Waals surface area (Å²) in [6.07, 6.45) is 5.37. The molecule has 0 bridgehead atoms. The predicted molar refractivity (Wildman–Crippen MR) is 76.4 cm³/mol. The van der Waals surface area contributed by atoms with Gasteiger partial charge in [0.1, 0.15) is 6.04 Å².